The van der Waals surface area contributed by atoms with Gasteiger partial charge in [-0.25, -0.2) is 4.68 Å². The predicted molar refractivity (Wildman–Crippen MR) is 96.8 cm³/mol. The molecule has 0 saturated heterocycles. The number of benzene rings is 1. The van der Waals surface area contributed by atoms with E-state index < -0.39 is 11.3 Å². The van der Waals surface area contributed by atoms with E-state index in [0.29, 0.717) is 15.8 Å². The summed E-state index contributed by atoms with van der Waals surface area (Å²) in [4.78, 5) is 24.4. The van der Waals surface area contributed by atoms with Crippen molar-refractivity contribution in [2.45, 2.75) is 19.8 Å². The van der Waals surface area contributed by atoms with Crippen LogP contribution in [0.4, 0.5) is 5.13 Å². The number of carbonyl (C=O) groups excluding carboxylic acids is 1. The third-order valence-corrected chi connectivity index (χ3v) is 4.66. The van der Waals surface area contributed by atoms with Gasteiger partial charge < -0.3 is 0 Å². The Morgan fingerprint density at radius 1 is 1.20 bits per heavy atom. The molecule has 0 fully saturated rings. The van der Waals surface area contributed by atoms with Crippen LogP contribution in [-0.2, 0) is 0 Å². The summed E-state index contributed by atoms with van der Waals surface area (Å²) >= 11 is 7.13. The minimum atomic E-state index is -0.625. The maximum Gasteiger partial charge on any atom is 0.282 e. The Hall–Kier alpha value is -2.58. The highest BCUT2D eigenvalue weighted by atomic mass is 35.5. The molecule has 2 aromatic heterocycles. The number of anilines is 1. The second-order valence-corrected chi connectivity index (χ2v) is 6.95. The topological polar surface area (TPSA) is 89.8 Å². The first-order valence-corrected chi connectivity index (χ1v) is 8.64. The summed E-state index contributed by atoms with van der Waals surface area (Å²) in [5, 5.41) is 16.3. The molecule has 25 heavy (non-hydrogen) atoms. The fourth-order valence-electron chi connectivity index (χ4n) is 1.98. The molecule has 128 valence electrons. The number of aromatic nitrogens is 4. The van der Waals surface area contributed by atoms with Crippen molar-refractivity contribution in [2.75, 3.05) is 5.32 Å². The van der Waals surface area contributed by atoms with E-state index >= 15 is 0 Å². The van der Waals surface area contributed by atoms with Crippen molar-refractivity contribution in [1.29, 1.82) is 0 Å². The van der Waals surface area contributed by atoms with E-state index in [1.165, 1.54) is 28.3 Å². The zero-order valence-electron chi connectivity index (χ0n) is 13.4. The van der Waals surface area contributed by atoms with Gasteiger partial charge in [0.2, 0.25) is 10.6 Å². The van der Waals surface area contributed by atoms with Crippen LogP contribution in [0.3, 0.4) is 0 Å². The molecule has 0 aliphatic heterocycles. The second kappa shape index (κ2) is 7.12. The zero-order valence-corrected chi connectivity index (χ0v) is 15.0. The Morgan fingerprint density at radius 2 is 1.92 bits per heavy atom. The van der Waals surface area contributed by atoms with Crippen LogP contribution in [0, 0.1) is 0 Å². The molecule has 0 bridgehead atoms. The van der Waals surface area contributed by atoms with Gasteiger partial charge in [-0.05, 0) is 24.3 Å². The molecule has 0 unspecified atom stereocenters. The van der Waals surface area contributed by atoms with Crippen LogP contribution in [0.5, 0.6) is 0 Å². The van der Waals surface area contributed by atoms with Gasteiger partial charge in [0.05, 0.1) is 5.69 Å². The van der Waals surface area contributed by atoms with Gasteiger partial charge in [0, 0.05) is 23.2 Å². The van der Waals surface area contributed by atoms with Crippen molar-refractivity contribution in [3.05, 3.63) is 62.5 Å². The smallest absolute Gasteiger partial charge is 0.282 e. The molecule has 0 atom stereocenters. The van der Waals surface area contributed by atoms with Gasteiger partial charge in [0.1, 0.15) is 5.01 Å². The van der Waals surface area contributed by atoms with Gasteiger partial charge >= 0.3 is 0 Å². The lowest BCUT2D eigenvalue weighted by atomic mass is 10.2. The summed E-state index contributed by atoms with van der Waals surface area (Å²) in [6.07, 6.45) is 1.49. The molecule has 3 rings (SSSR count). The lowest BCUT2D eigenvalue weighted by Crippen LogP contribution is -2.25. The van der Waals surface area contributed by atoms with Crippen molar-refractivity contribution >= 4 is 34.0 Å². The largest absolute Gasteiger partial charge is 0.295 e. The van der Waals surface area contributed by atoms with E-state index in [0.717, 1.165) is 5.01 Å². The Morgan fingerprint density at radius 3 is 2.56 bits per heavy atom. The van der Waals surface area contributed by atoms with Gasteiger partial charge in [-0.1, -0.05) is 36.8 Å². The quantitative estimate of drug-likeness (QED) is 0.756. The van der Waals surface area contributed by atoms with Gasteiger partial charge in [-0.2, -0.15) is 5.10 Å². The molecule has 0 saturated carbocycles. The Labute approximate surface area is 152 Å². The van der Waals surface area contributed by atoms with Gasteiger partial charge in [-0.3, -0.25) is 14.9 Å². The number of hydrogen-bond donors (Lipinski definition) is 1. The van der Waals surface area contributed by atoms with Gasteiger partial charge in [0.25, 0.3) is 5.91 Å². The number of rotatable bonds is 4. The first-order chi connectivity index (χ1) is 11.9. The Bertz CT molecular complexity index is 965. The van der Waals surface area contributed by atoms with Crippen molar-refractivity contribution in [3.63, 3.8) is 0 Å². The van der Waals surface area contributed by atoms with Gasteiger partial charge in [0.15, 0.2) is 5.69 Å². The van der Waals surface area contributed by atoms with Crippen LogP contribution in [0.25, 0.3) is 5.69 Å². The number of hydrogen-bond acceptors (Lipinski definition) is 6. The normalized spacial score (nSPS) is 10.9. The maximum atomic E-state index is 12.4. The zero-order chi connectivity index (χ0) is 18.0. The lowest BCUT2D eigenvalue weighted by Gasteiger charge is -2.07. The van der Waals surface area contributed by atoms with Gasteiger partial charge in [-0.15, -0.1) is 10.2 Å². The van der Waals surface area contributed by atoms with E-state index in [2.05, 4.69) is 20.6 Å². The third kappa shape index (κ3) is 3.92. The molecule has 0 radical (unpaired) electrons. The molecular formula is C16H14ClN5O2S. The van der Waals surface area contributed by atoms with E-state index in [4.69, 9.17) is 11.6 Å². The molecule has 2 heterocycles. The molecule has 0 aliphatic carbocycles. The molecule has 9 heteroatoms. The lowest BCUT2D eigenvalue weighted by molar-refractivity contribution is 0.101. The standard InChI is InChI=1S/C16H14ClN5O2S/c1-9(2)15-19-20-16(25-15)18-14(24)13-12(23)7-8-22(21-13)11-5-3-10(17)4-6-11/h3-9H,1-2H3,(H,18,20,24). The molecule has 0 aliphatic rings. The van der Waals surface area contributed by atoms with Crippen molar-refractivity contribution in [1.82, 2.24) is 20.0 Å². The molecular weight excluding hydrogens is 362 g/mol. The summed E-state index contributed by atoms with van der Waals surface area (Å²) in [5.41, 5.74) is -0.0217. The summed E-state index contributed by atoms with van der Waals surface area (Å²) < 4.78 is 1.44. The molecule has 1 amide bonds. The average Bonchev–Trinajstić information content (AvgIpc) is 3.05. The SMILES string of the molecule is CC(C)c1nnc(NC(=O)c2nn(-c3ccc(Cl)cc3)ccc2=O)s1. The molecule has 1 aromatic carbocycles. The number of amides is 1. The second-order valence-electron chi connectivity index (χ2n) is 5.50. The maximum absolute atomic E-state index is 12.4. The highest BCUT2D eigenvalue weighted by Gasteiger charge is 2.16. The third-order valence-electron chi connectivity index (χ3n) is 3.27. The Kier molecular flexibility index (Phi) is 4.91. The number of nitrogens with one attached hydrogen (secondary N) is 1. The van der Waals surface area contributed by atoms with E-state index in [-0.39, 0.29) is 11.6 Å². The highest BCUT2D eigenvalue weighted by Crippen LogP contribution is 2.22. The highest BCUT2D eigenvalue weighted by molar-refractivity contribution is 7.15. The molecule has 3 aromatic rings. The van der Waals surface area contributed by atoms with E-state index in [1.807, 2.05) is 13.8 Å². The first kappa shape index (κ1) is 17.2. The van der Waals surface area contributed by atoms with Crippen molar-refractivity contribution < 1.29 is 4.79 Å². The fraction of sp³-hybridized carbons (Fsp3) is 0.188. The predicted octanol–water partition coefficient (Wildman–Crippen LogP) is 3.11. The Balaban J connectivity index is 1.87. The van der Waals surface area contributed by atoms with Crippen molar-refractivity contribution in [2.24, 2.45) is 0 Å². The van der Waals surface area contributed by atoms with Crippen LogP contribution >= 0.6 is 22.9 Å². The minimum absolute atomic E-state index is 0.208. The van der Waals surface area contributed by atoms with Crippen LogP contribution in [-0.4, -0.2) is 25.9 Å². The monoisotopic (exact) mass is 375 g/mol. The first-order valence-electron chi connectivity index (χ1n) is 7.44. The minimum Gasteiger partial charge on any atom is -0.295 e. The van der Waals surface area contributed by atoms with Crippen LogP contribution in [0.1, 0.15) is 35.3 Å². The van der Waals surface area contributed by atoms with Crippen LogP contribution in [0.2, 0.25) is 5.02 Å². The summed E-state index contributed by atoms with van der Waals surface area (Å²) in [6, 6.07) is 8.16. The summed E-state index contributed by atoms with van der Waals surface area (Å²) in [6.45, 7) is 3.96. The summed E-state index contributed by atoms with van der Waals surface area (Å²) in [7, 11) is 0. The van der Waals surface area contributed by atoms with Crippen molar-refractivity contribution in [3.8, 4) is 5.69 Å². The number of carbonyl (C=O) groups is 1. The van der Waals surface area contributed by atoms with E-state index in [1.54, 1.807) is 24.3 Å². The molecule has 7 nitrogen and oxygen atoms in total. The molecule has 0 spiro atoms. The number of halogens is 1. The molecule has 1 N–H and O–H groups in total. The van der Waals surface area contributed by atoms with Crippen LogP contribution in [0.15, 0.2) is 41.3 Å². The average molecular weight is 376 g/mol. The fourth-order valence-corrected chi connectivity index (χ4v) is 2.84. The summed E-state index contributed by atoms with van der Waals surface area (Å²) in [5.74, 6) is -0.417. The number of nitrogens with zero attached hydrogens (tertiary/aromatic N) is 4. The van der Waals surface area contributed by atoms with Crippen LogP contribution < -0.4 is 10.7 Å². The van der Waals surface area contributed by atoms with E-state index in [9.17, 15) is 9.59 Å².